The molecule has 15 heavy (non-hydrogen) atoms. The van der Waals surface area contributed by atoms with Crippen LogP contribution in [0.4, 0.5) is 5.69 Å². The number of aromatic nitrogens is 1. The molecule has 0 unspecified atom stereocenters. The van der Waals surface area contributed by atoms with Gasteiger partial charge >= 0.3 is 0 Å². The van der Waals surface area contributed by atoms with E-state index < -0.39 is 9.84 Å². The zero-order valence-corrected chi connectivity index (χ0v) is 9.95. The average molecular weight is 242 g/mol. The first-order valence-electron chi connectivity index (χ1n) is 4.25. The van der Waals surface area contributed by atoms with Gasteiger partial charge in [-0.1, -0.05) is 0 Å². The van der Waals surface area contributed by atoms with Crippen LogP contribution in [0.25, 0.3) is 10.2 Å². The molecule has 0 saturated carbocycles. The van der Waals surface area contributed by atoms with E-state index in [2.05, 4.69) is 4.98 Å². The number of rotatable bonds is 1. The predicted octanol–water partition coefficient (Wildman–Crippen LogP) is 1.59. The molecule has 0 bridgehead atoms. The molecule has 0 aliphatic heterocycles. The van der Waals surface area contributed by atoms with Crippen LogP contribution in [0, 0.1) is 6.92 Å². The average Bonchev–Trinajstić information content (AvgIpc) is 2.55. The van der Waals surface area contributed by atoms with Gasteiger partial charge < -0.3 is 5.73 Å². The highest BCUT2D eigenvalue weighted by Crippen LogP contribution is 2.30. The summed E-state index contributed by atoms with van der Waals surface area (Å²) in [5.41, 5.74) is 7.97. The Morgan fingerprint density at radius 3 is 2.67 bits per heavy atom. The second-order valence-electron chi connectivity index (χ2n) is 3.38. The third-order valence-corrected chi connectivity index (χ3v) is 5.01. The first kappa shape index (κ1) is 10.4. The summed E-state index contributed by atoms with van der Waals surface area (Å²) in [6, 6.07) is 3.48. The van der Waals surface area contributed by atoms with E-state index in [0.29, 0.717) is 11.2 Å². The van der Waals surface area contributed by atoms with Crippen molar-refractivity contribution in [2.24, 2.45) is 0 Å². The molecule has 0 saturated heterocycles. The highest BCUT2D eigenvalue weighted by Gasteiger charge is 2.15. The molecule has 0 aliphatic carbocycles. The van der Waals surface area contributed by atoms with E-state index in [1.807, 2.05) is 6.92 Å². The van der Waals surface area contributed by atoms with Crippen molar-refractivity contribution < 1.29 is 8.42 Å². The first-order chi connectivity index (χ1) is 6.89. The molecule has 0 aliphatic rings. The van der Waals surface area contributed by atoms with E-state index >= 15 is 0 Å². The van der Waals surface area contributed by atoms with E-state index in [1.165, 1.54) is 11.3 Å². The SMILES string of the molecule is Cc1c(N)ccc2nc(S(C)(=O)=O)sc12. The number of thiazole rings is 1. The molecule has 6 heteroatoms. The van der Waals surface area contributed by atoms with Gasteiger partial charge in [0, 0.05) is 11.9 Å². The molecule has 1 aromatic heterocycles. The molecule has 1 heterocycles. The number of benzene rings is 1. The number of anilines is 1. The Balaban J connectivity index is 2.83. The highest BCUT2D eigenvalue weighted by molar-refractivity contribution is 7.92. The van der Waals surface area contributed by atoms with Gasteiger partial charge in [-0.05, 0) is 24.6 Å². The Bertz CT molecular complexity index is 629. The van der Waals surface area contributed by atoms with Crippen molar-refractivity contribution in [1.29, 1.82) is 0 Å². The Morgan fingerprint density at radius 1 is 1.40 bits per heavy atom. The third-order valence-electron chi connectivity index (χ3n) is 2.15. The number of nitrogens with zero attached hydrogens (tertiary/aromatic N) is 1. The summed E-state index contributed by atoms with van der Waals surface area (Å²) in [4.78, 5) is 4.06. The Morgan fingerprint density at radius 2 is 2.07 bits per heavy atom. The molecule has 2 aromatic rings. The minimum Gasteiger partial charge on any atom is -0.398 e. The molecule has 2 N–H and O–H groups in total. The molecular formula is C9H10N2O2S2. The van der Waals surface area contributed by atoms with E-state index in [4.69, 9.17) is 5.73 Å². The second kappa shape index (κ2) is 3.18. The van der Waals surface area contributed by atoms with E-state index in [9.17, 15) is 8.42 Å². The predicted molar refractivity (Wildman–Crippen MR) is 61.9 cm³/mol. The van der Waals surface area contributed by atoms with Gasteiger partial charge in [-0.2, -0.15) is 0 Å². The van der Waals surface area contributed by atoms with Gasteiger partial charge in [-0.3, -0.25) is 0 Å². The van der Waals surface area contributed by atoms with Crippen molar-refractivity contribution in [3.05, 3.63) is 17.7 Å². The van der Waals surface area contributed by atoms with Crippen LogP contribution in [0.3, 0.4) is 0 Å². The molecule has 0 fully saturated rings. The first-order valence-corrected chi connectivity index (χ1v) is 6.96. The zero-order valence-electron chi connectivity index (χ0n) is 8.31. The summed E-state index contributed by atoms with van der Waals surface area (Å²) in [6.45, 7) is 1.86. The minimum absolute atomic E-state index is 0.145. The largest absolute Gasteiger partial charge is 0.398 e. The molecule has 4 nitrogen and oxygen atoms in total. The number of hydrogen-bond donors (Lipinski definition) is 1. The maximum absolute atomic E-state index is 11.3. The lowest BCUT2D eigenvalue weighted by atomic mass is 10.2. The summed E-state index contributed by atoms with van der Waals surface area (Å²) in [6.07, 6.45) is 1.16. The zero-order chi connectivity index (χ0) is 11.2. The van der Waals surface area contributed by atoms with Gasteiger partial charge in [0.2, 0.25) is 14.2 Å². The van der Waals surface area contributed by atoms with E-state index in [1.54, 1.807) is 12.1 Å². The number of nitrogen functional groups attached to an aromatic ring is 1. The Kier molecular flexibility index (Phi) is 2.20. The van der Waals surface area contributed by atoms with Crippen molar-refractivity contribution in [1.82, 2.24) is 4.98 Å². The smallest absolute Gasteiger partial charge is 0.210 e. The summed E-state index contributed by atoms with van der Waals surface area (Å²) >= 11 is 1.17. The van der Waals surface area contributed by atoms with Crippen molar-refractivity contribution in [3.63, 3.8) is 0 Å². The fourth-order valence-electron chi connectivity index (χ4n) is 1.28. The number of sulfone groups is 1. The van der Waals surface area contributed by atoms with Crippen LogP contribution in [-0.2, 0) is 9.84 Å². The van der Waals surface area contributed by atoms with Gasteiger partial charge in [-0.25, -0.2) is 13.4 Å². The molecular weight excluding hydrogens is 232 g/mol. The lowest BCUT2D eigenvalue weighted by molar-refractivity contribution is 0.601. The molecule has 0 radical (unpaired) electrons. The van der Waals surface area contributed by atoms with Crippen LogP contribution in [0.5, 0.6) is 0 Å². The number of aryl methyl sites for hydroxylation is 1. The minimum atomic E-state index is -3.23. The number of nitrogens with two attached hydrogens (primary N) is 1. The van der Waals surface area contributed by atoms with Crippen molar-refractivity contribution >= 4 is 37.1 Å². The maximum atomic E-state index is 11.3. The van der Waals surface area contributed by atoms with Gasteiger partial charge in [-0.15, -0.1) is 11.3 Å². The summed E-state index contributed by atoms with van der Waals surface area (Å²) in [5.74, 6) is 0. The van der Waals surface area contributed by atoms with Crippen molar-refractivity contribution in [2.75, 3.05) is 12.0 Å². The van der Waals surface area contributed by atoms with Gasteiger partial charge in [0.05, 0.1) is 10.2 Å². The molecule has 80 valence electrons. The molecule has 0 atom stereocenters. The molecule has 2 rings (SSSR count). The lowest BCUT2D eigenvalue weighted by Crippen LogP contribution is -1.94. The fourth-order valence-corrected chi connectivity index (χ4v) is 3.20. The monoisotopic (exact) mass is 242 g/mol. The maximum Gasteiger partial charge on any atom is 0.210 e. The van der Waals surface area contributed by atoms with Crippen LogP contribution in [-0.4, -0.2) is 19.7 Å². The lowest BCUT2D eigenvalue weighted by Gasteiger charge is -1.97. The summed E-state index contributed by atoms with van der Waals surface area (Å²) in [5, 5.41) is 0. The number of hydrogen-bond acceptors (Lipinski definition) is 5. The van der Waals surface area contributed by atoms with Gasteiger partial charge in [0.25, 0.3) is 0 Å². The quantitative estimate of drug-likeness (QED) is 0.771. The van der Waals surface area contributed by atoms with Crippen molar-refractivity contribution in [3.8, 4) is 0 Å². The van der Waals surface area contributed by atoms with Crippen LogP contribution >= 0.6 is 11.3 Å². The molecule has 1 aromatic carbocycles. The topological polar surface area (TPSA) is 73.0 Å². The van der Waals surface area contributed by atoms with Crippen LogP contribution in [0.1, 0.15) is 5.56 Å². The van der Waals surface area contributed by atoms with Gasteiger partial charge in [0.15, 0.2) is 0 Å². The van der Waals surface area contributed by atoms with Crippen molar-refractivity contribution in [2.45, 2.75) is 11.3 Å². The van der Waals surface area contributed by atoms with Crippen LogP contribution in [0.15, 0.2) is 16.5 Å². The van der Waals surface area contributed by atoms with Crippen LogP contribution < -0.4 is 5.73 Å². The fraction of sp³-hybridized carbons (Fsp3) is 0.222. The van der Waals surface area contributed by atoms with Crippen LogP contribution in [0.2, 0.25) is 0 Å². The summed E-state index contributed by atoms with van der Waals surface area (Å²) < 4.78 is 23.6. The summed E-state index contributed by atoms with van der Waals surface area (Å²) in [7, 11) is -3.23. The van der Waals surface area contributed by atoms with E-state index in [-0.39, 0.29) is 4.34 Å². The highest BCUT2D eigenvalue weighted by atomic mass is 32.2. The standard InChI is InChI=1S/C9H10N2O2S2/c1-5-6(10)3-4-7-8(5)14-9(11-7)15(2,12)13/h3-4H,10H2,1-2H3. The second-order valence-corrected chi connectivity index (χ2v) is 6.57. The third kappa shape index (κ3) is 1.70. The number of fused-ring (bicyclic) bond motifs is 1. The normalized spacial score (nSPS) is 12.1. The molecule has 0 spiro atoms. The Labute approximate surface area is 91.7 Å². The van der Waals surface area contributed by atoms with Gasteiger partial charge in [0.1, 0.15) is 0 Å². The Hall–Kier alpha value is -1.14. The van der Waals surface area contributed by atoms with E-state index in [0.717, 1.165) is 16.5 Å². The molecule has 0 amide bonds.